The monoisotopic (exact) mass is 154 g/mol. The Morgan fingerprint density at radius 1 is 1.36 bits per heavy atom. The van der Waals surface area contributed by atoms with Gasteiger partial charge in [-0.1, -0.05) is 6.92 Å². The van der Waals surface area contributed by atoms with Crippen molar-refractivity contribution in [3.05, 3.63) is 0 Å². The lowest BCUT2D eigenvalue weighted by molar-refractivity contribution is 0.279. The highest BCUT2D eigenvalue weighted by Crippen LogP contribution is 2.15. The van der Waals surface area contributed by atoms with Crippen molar-refractivity contribution < 1.29 is 0 Å². The Morgan fingerprint density at radius 2 is 1.91 bits per heavy atom. The van der Waals surface area contributed by atoms with Gasteiger partial charge in [-0.25, -0.2) is 0 Å². The summed E-state index contributed by atoms with van der Waals surface area (Å²) in [6.45, 7) is 6.82. The number of rotatable bonds is 0. The van der Waals surface area contributed by atoms with Crippen LogP contribution in [0.3, 0.4) is 0 Å². The van der Waals surface area contributed by atoms with E-state index in [1.807, 2.05) is 7.05 Å². The van der Waals surface area contributed by atoms with Gasteiger partial charge in [-0.15, -0.1) is 0 Å². The van der Waals surface area contributed by atoms with Gasteiger partial charge in [0.05, 0.1) is 5.84 Å². The van der Waals surface area contributed by atoms with E-state index in [0.29, 0.717) is 0 Å². The summed E-state index contributed by atoms with van der Waals surface area (Å²) >= 11 is 0. The molecule has 1 fully saturated rings. The fraction of sp³-hybridized carbons (Fsp3) is 0.889. The van der Waals surface area contributed by atoms with Crippen LogP contribution < -0.4 is 0 Å². The Hall–Kier alpha value is -0.530. The molecule has 0 aromatic rings. The molecule has 1 saturated heterocycles. The van der Waals surface area contributed by atoms with Crippen LogP contribution in [0.2, 0.25) is 0 Å². The molecule has 0 amide bonds. The second-order valence-electron chi connectivity index (χ2n) is 3.44. The molecule has 1 aliphatic heterocycles. The smallest absolute Gasteiger partial charge is 0.0954 e. The van der Waals surface area contributed by atoms with E-state index in [4.69, 9.17) is 0 Å². The summed E-state index contributed by atoms with van der Waals surface area (Å²) in [5, 5.41) is 0. The van der Waals surface area contributed by atoms with Crippen molar-refractivity contribution in [3.63, 3.8) is 0 Å². The van der Waals surface area contributed by atoms with E-state index >= 15 is 0 Å². The SMILES string of the molecule is C/N=C(\C)N1CCC(C)CC1. The average molecular weight is 154 g/mol. The van der Waals surface area contributed by atoms with Gasteiger partial charge in [-0.3, -0.25) is 4.99 Å². The second-order valence-corrected chi connectivity index (χ2v) is 3.44. The molecule has 2 nitrogen and oxygen atoms in total. The van der Waals surface area contributed by atoms with Gasteiger partial charge in [0.25, 0.3) is 0 Å². The number of hydrogen-bond donors (Lipinski definition) is 0. The Kier molecular flexibility index (Phi) is 2.92. The van der Waals surface area contributed by atoms with E-state index < -0.39 is 0 Å². The van der Waals surface area contributed by atoms with E-state index in [1.54, 1.807) is 0 Å². The molecule has 1 rings (SSSR count). The van der Waals surface area contributed by atoms with Crippen LogP contribution in [0.25, 0.3) is 0 Å². The molecule has 64 valence electrons. The summed E-state index contributed by atoms with van der Waals surface area (Å²) in [5.41, 5.74) is 0. The fourth-order valence-corrected chi connectivity index (χ4v) is 1.47. The van der Waals surface area contributed by atoms with Crippen LogP contribution in [0.5, 0.6) is 0 Å². The molecule has 0 aliphatic carbocycles. The molecule has 0 saturated carbocycles. The molecule has 0 radical (unpaired) electrons. The fourth-order valence-electron chi connectivity index (χ4n) is 1.47. The maximum absolute atomic E-state index is 4.18. The minimum absolute atomic E-state index is 0.913. The molecule has 1 aliphatic rings. The van der Waals surface area contributed by atoms with Crippen LogP contribution in [0, 0.1) is 5.92 Å². The van der Waals surface area contributed by atoms with Crippen LogP contribution in [-0.2, 0) is 0 Å². The second kappa shape index (κ2) is 3.74. The van der Waals surface area contributed by atoms with Gasteiger partial charge in [-0.2, -0.15) is 0 Å². The van der Waals surface area contributed by atoms with Crippen molar-refractivity contribution in [1.82, 2.24) is 4.90 Å². The van der Waals surface area contributed by atoms with Gasteiger partial charge < -0.3 is 4.90 Å². The molecule has 0 bridgehead atoms. The molecule has 0 atom stereocenters. The lowest BCUT2D eigenvalue weighted by Gasteiger charge is -2.31. The van der Waals surface area contributed by atoms with E-state index in [9.17, 15) is 0 Å². The topological polar surface area (TPSA) is 15.6 Å². The molecule has 2 heteroatoms. The van der Waals surface area contributed by atoms with Gasteiger partial charge in [-0.05, 0) is 25.7 Å². The van der Waals surface area contributed by atoms with Crippen molar-refractivity contribution >= 4 is 5.84 Å². The minimum atomic E-state index is 0.913. The van der Waals surface area contributed by atoms with Crippen LogP contribution in [0.1, 0.15) is 26.7 Å². The van der Waals surface area contributed by atoms with Gasteiger partial charge in [0.1, 0.15) is 0 Å². The predicted octanol–water partition coefficient (Wildman–Crippen LogP) is 1.77. The lowest BCUT2D eigenvalue weighted by atomic mass is 9.99. The number of piperidine rings is 1. The summed E-state index contributed by atoms with van der Waals surface area (Å²) in [6.07, 6.45) is 2.65. The van der Waals surface area contributed by atoms with Crippen molar-refractivity contribution in [2.75, 3.05) is 20.1 Å². The van der Waals surface area contributed by atoms with Crippen molar-refractivity contribution in [2.45, 2.75) is 26.7 Å². The minimum Gasteiger partial charge on any atom is -0.361 e. The third-order valence-corrected chi connectivity index (χ3v) is 2.56. The molecular weight excluding hydrogens is 136 g/mol. The predicted molar refractivity (Wildman–Crippen MR) is 49.0 cm³/mol. The summed E-state index contributed by atoms with van der Waals surface area (Å²) in [6, 6.07) is 0. The van der Waals surface area contributed by atoms with Crippen molar-refractivity contribution in [2.24, 2.45) is 10.9 Å². The Balaban J connectivity index is 2.39. The quantitative estimate of drug-likeness (QED) is 0.383. The maximum Gasteiger partial charge on any atom is 0.0954 e. The highest BCUT2D eigenvalue weighted by Gasteiger charge is 2.15. The number of nitrogens with zero attached hydrogens (tertiary/aromatic N) is 2. The van der Waals surface area contributed by atoms with Crippen LogP contribution >= 0.6 is 0 Å². The van der Waals surface area contributed by atoms with E-state index in [2.05, 4.69) is 23.7 Å². The zero-order valence-electron chi connectivity index (χ0n) is 7.80. The number of hydrogen-bond acceptors (Lipinski definition) is 1. The first kappa shape index (κ1) is 8.57. The Bertz CT molecular complexity index is 144. The standard InChI is InChI=1S/C9H18N2/c1-8-4-6-11(7-5-8)9(2)10-3/h8H,4-7H2,1-3H3/b10-9+. The number of aliphatic imine (C=N–C) groups is 1. The Labute approximate surface area is 69.3 Å². The van der Waals surface area contributed by atoms with Crippen molar-refractivity contribution in [1.29, 1.82) is 0 Å². The van der Waals surface area contributed by atoms with E-state index in [0.717, 1.165) is 5.92 Å². The average Bonchev–Trinajstić information content (AvgIpc) is 2.05. The normalized spacial score (nSPS) is 22.5. The zero-order valence-corrected chi connectivity index (χ0v) is 7.80. The van der Waals surface area contributed by atoms with Gasteiger partial charge in [0.15, 0.2) is 0 Å². The van der Waals surface area contributed by atoms with Crippen LogP contribution in [-0.4, -0.2) is 30.9 Å². The van der Waals surface area contributed by atoms with Gasteiger partial charge >= 0.3 is 0 Å². The zero-order chi connectivity index (χ0) is 8.27. The molecule has 0 aromatic heterocycles. The van der Waals surface area contributed by atoms with Gasteiger partial charge in [0.2, 0.25) is 0 Å². The number of amidine groups is 1. The maximum atomic E-state index is 4.18. The third-order valence-electron chi connectivity index (χ3n) is 2.56. The van der Waals surface area contributed by atoms with Crippen LogP contribution in [0.15, 0.2) is 4.99 Å². The molecule has 0 spiro atoms. The van der Waals surface area contributed by atoms with E-state index in [1.165, 1.54) is 31.8 Å². The summed E-state index contributed by atoms with van der Waals surface area (Å²) < 4.78 is 0. The largest absolute Gasteiger partial charge is 0.361 e. The van der Waals surface area contributed by atoms with Gasteiger partial charge in [0, 0.05) is 20.1 Å². The van der Waals surface area contributed by atoms with Crippen molar-refractivity contribution in [3.8, 4) is 0 Å². The summed E-state index contributed by atoms with van der Waals surface area (Å²) in [7, 11) is 1.87. The molecule has 11 heavy (non-hydrogen) atoms. The number of likely N-dealkylation sites (tertiary alicyclic amines) is 1. The highest BCUT2D eigenvalue weighted by molar-refractivity contribution is 5.79. The Morgan fingerprint density at radius 3 is 2.36 bits per heavy atom. The first-order chi connectivity index (χ1) is 5.24. The first-order valence-corrected chi connectivity index (χ1v) is 4.42. The summed E-state index contributed by atoms with van der Waals surface area (Å²) in [5.74, 6) is 2.10. The van der Waals surface area contributed by atoms with E-state index in [-0.39, 0.29) is 0 Å². The molecule has 1 heterocycles. The highest BCUT2D eigenvalue weighted by atomic mass is 15.2. The molecule has 0 unspecified atom stereocenters. The summed E-state index contributed by atoms with van der Waals surface area (Å²) in [4.78, 5) is 6.55. The van der Waals surface area contributed by atoms with Crippen LogP contribution in [0.4, 0.5) is 0 Å². The molecule has 0 N–H and O–H groups in total. The molecular formula is C9H18N2. The third kappa shape index (κ3) is 2.21. The first-order valence-electron chi connectivity index (χ1n) is 4.42. The molecule has 0 aromatic carbocycles. The lowest BCUT2D eigenvalue weighted by Crippen LogP contribution is -2.36.